The number of amides is 1. The van der Waals surface area contributed by atoms with E-state index in [-0.39, 0.29) is 22.4 Å². The molecule has 1 atom stereocenters. The second kappa shape index (κ2) is 6.02. The van der Waals surface area contributed by atoms with Crippen molar-refractivity contribution in [1.29, 1.82) is 0 Å². The molecule has 2 N–H and O–H groups in total. The van der Waals surface area contributed by atoms with E-state index < -0.39 is 17.9 Å². The summed E-state index contributed by atoms with van der Waals surface area (Å²) in [5, 5.41) is 11.9. The molecule has 1 rings (SSSR count). The molecular formula is C13H17ClN2O3. The van der Waals surface area contributed by atoms with E-state index in [1.54, 1.807) is 0 Å². The van der Waals surface area contributed by atoms with Crippen LogP contribution in [0, 0.1) is 5.41 Å². The number of pyridine rings is 1. The van der Waals surface area contributed by atoms with Gasteiger partial charge in [-0.3, -0.25) is 14.6 Å². The summed E-state index contributed by atoms with van der Waals surface area (Å²) in [6.07, 6.45) is 2.70. The highest BCUT2D eigenvalue weighted by Gasteiger charge is 2.29. The molecule has 0 spiro atoms. The average Bonchev–Trinajstić information content (AvgIpc) is 2.26. The molecule has 0 aliphatic heterocycles. The number of carbonyl (C=O) groups excluding carboxylic acids is 1. The van der Waals surface area contributed by atoms with E-state index in [1.165, 1.54) is 18.5 Å². The lowest BCUT2D eigenvalue weighted by Gasteiger charge is -2.30. The number of carboxylic acid groups (broad SMARTS) is 1. The largest absolute Gasteiger partial charge is 0.481 e. The van der Waals surface area contributed by atoms with Crippen molar-refractivity contribution in [1.82, 2.24) is 10.3 Å². The minimum atomic E-state index is -0.957. The van der Waals surface area contributed by atoms with Gasteiger partial charge in [0.05, 0.1) is 17.0 Å². The average molecular weight is 285 g/mol. The van der Waals surface area contributed by atoms with E-state index in [2.05, 4.69) is 10.3 Å². The van der Waals surface area contributed by atoms with E-state index in [0.29, 0.717) is 0 Å². The Bertz CT molecular complexity index is 483. The van der Waals surface area contributed by atoms with Gasteiger partial charge in [0.1, 0.15) is 0 Å². The Hall–Kier alpha value is -1.62. The molecule has 1 heterocycles. The lowest BCUT2D eigenvalue weighted by atomic mass is 9.84. The number of carbonyl (C=O) groups is 2. The van der Waals surface area contributed by atoms with Gasteiger partial charge in [0.2, 0.25) is 0 Å². The number of nitrogens with one attached hydrogen (secondary N) is 1. The van der Waals surface area contributed by atoms with Crippen molar-refractivity contribution < 1.29 is 14.7 Å². The first-order valence-corrected chi connectivity index (χ1v) is 6.22. The Morgan fingerprint density at radius 3 is 2.58 bits per heavy atom. The quantitative estimate of drug-likeness (QED) is 0.889. The third-order valence-corrected chi connectivity index (χ3v) is 3.05. The maximum atomic E-state index is 12.1. The fourth-order valence-corrected chi connectivity index (χ4v) is 1.75. The third kappa shape index (κ3) is 4.52. The molecule has 6 heteroatoms. The molecule has 1 aromatic heterocycles. The van der Waals surface area contributed by atoms with Gasteiger partial charge in [0.25, 0.3) is 5.91 Å². The molecule has 1 unspecified atom stereocenters. The maximum absolute atomic E-state index is 12.1. The van der Waals surface area contributed by atoms with Gasteiger partial charge in [0, 0.05) is 18.4 Å². The SMILES string of the molecule is CC(C)(C)C(CC(=O)O)NC(=O)c1ccncc1Cl. The van der Waals surface area contributed by atoms with Crippen LogP contribution in [0.15, 0.2) is 18.5 Å². The van der Waals surface area contributed by atoms with E-state index in [4.69, 9.17) is 16.7 Å². The van der Waals surface area contributed by atoms with Crippen LogP contribution in [0.5, 0.6) is 0 Å². The zero-order valence-electron chi connectivity index (χ0n) is 11.1. The molecule has 0 aliphatic carbocycles. The van der Waals surface area contributed by atoms with E-state index in [9.17, 15) is 9.59 Å². The number of carboxylic acids is 1. The Morgan fingerprint density at radius 1 is 1.47 bits per heavy atom. The van der Waals surface area contributed by atoms with Crippen LogP contribution in [-0.2, 0) is 4.79 Å². The molecule has 19 heavy (non-hydrogen) atoms. The van der Waals surface area contributed by atoms with Crippen molar-refractivity contribution in [3.05, 3.63) is 29.0 Å². The van der Waals surface area contributed by atoms with Gasteiger partial charge in [-0.15, -0.1) is 0 Å². The first-order chi connectivity index (χ1) is 8.71. The van der Waals surface area contributed by atoms with Gasteiger partial charge in [0.15, 0.2) is 0 Å². The molecule has 0 radical (unpaired) electrons. The minimum Gasteiger partial charge on any atom is -0.481 e. The lowest BCUT2D eigenvalue weighted by Crippen LogP contribution is -2.45. The van der Waals surface area contributed by atoms with Gasteiger partial charge < -0.3 is 10.4 Å². The molecule has 0 aromatic carbocycles. The van der Waals surface area contributed by atoms with Crippen molar-refractivity contribution in [2.75, 3.05) is 0 Å². The summed E-state index contributed by atoms with van der Waals surface area (Å²) < 4.78 is 0. The van der Waals surface area contributed by atoms with Gasteiger partial charge in [-0.2, -0.15) is 0 Å². The van der Waals surface area contributed by atoms with Crippen LogP contribution in [0.1, 0.15) is 37.6 Å². The number of halogens is 1. The summed E-state index contributed by atoms with van der Waals surface area (Å²) in [5.74, 6) is -1.35. The molecule has 0 fully saturated rings. The normalized spacial score (nSPS) is 12.8. The molecule has 5 nitrogen and oxygen atoms in total. The van der Waals surface area contributed by atoms with Crippen LogP contribution in [0.2, 0.25) is 5.02 Å². The Morgan fingerprint density at radius 2 is 2.11 bits per heavy atom. The fourth-order valence-electron chi connectivity index (χ4n) is 1.54. The first-order valence-electron chi connectivity index (χ1n) is 5.84. The fraction of sp³-hybridized carbons (Fsp3) is 0.462. The predicted octanol–water partition coefficient (Wildman–Crippen LogP) is 2.35. The second-order valence-corrected chi connectivity index (χ2v) is 5.75. The summed E-state index contributed by atoms with van der Waals surface area (Å²) in [7, 11) is 0. The number of nitrogens with zero attached hydrogens (tertiary/aromatic N) is 1. The zero-order chi connectivity index (χ0) is 14.6. The van der Waals surface area contributed by atoms with Crippen molar-refractivity contribution in [2.24, 2.45) is 5.41 Å². The Balaban J connectivity index is 2.88. The molecule has 0 saturated heterocycles. The maximum Gasteiger partial charge on any atom is 0.305 e. The van der Waals surface area contributed by atoms with Crippen LogP contribution in [0.3, 0.4) is 0 Å². The summed E-state index contributed by atoms with van der Waals surface area (Å²) in [4.78, 5) is 26.7. The van der Waals surface area contributed by atoms with Crippen molar-refractivity contribution in [3.8, 4) is 0 Å². The topological polar surface area (TPSA) is 79.3 Å². The molecule has 1 amide bonds. The van der Waals surface area contributed by atoms with Gasteiger partial charge >= 0.3 is 5.97 Å². The van der Waals surface area contributed by atoms with Gasteiger partial charge in [-0.25, -0.2) is 0 Å². The Kier molecular flexibility index (Phi) is 4.89. The van der Waals surface area contributed by atoms with E-state index >= 15 is 0 Å². The van der Waals surface area contributed by atoms with Gasteiger partial charge in [-0.05, 0) is 11.5 Å². The van der Waals surface area contributed by atoms with Crippen molar-refractivity contribution in [2.45, 2.75) is 33.2 Å². The Labute approximate surface area is 117 Å². The monoisotopic (exact) mass is 284 g/mol. The van der Waals surface area contributed by atoms with E-state index in [1.807, 2.05) is 20.8 Å². The summed E-state index contributed by atoms with van der Waals surface area (Å²) in [5.41, 5.74) is -0.0793. The summed E-state index contributed by atoms with van der Waals surface area (Å²) >= 11 is 5.88. The third-order valence-electron chi connectivity index (χ3n) is 2.75. The molecular weight excluding hydrogens is 268 g/mol. The van der Waals surface area contributed by atoms with Crippen LogP contribution in [-0.4, -0.2) is 28.0 Å². The van der Waals surface area contributed by atoms with Crippen LogP contribution in [0.4, 0.5) is 0 Å². The lowest BCUT2D eigenvalue weighted by molar-refractivity contribution is -0.138. The number of rotatable bonds is 4. The standard InChI is InChI=1S/C13H17ClN2O3/c1-13(2,3)10(6-11(17)18)16-12(19)8-4-5-15-7-9(8)14/h4-5,7,10H,6H2,1-3H3,(H,16,19)(H,17,18). The smallest absolute Gasteiger partial charge is 0.305 e. The van der Waals surface area contributed by atoms with E-state index in [0.717, 1.165) is 0 Å². The number of hydrogen-bond donors (Lipinski definition) is 2. The van der Waals surface area contributed by atoms with Crippen LogP contribution >= 0.6 is 11.6 Å². The summed E-state index contributed by atoms with van der Waals surface area (Å²) in [6.45, 7) is 5.61. The zero-order valence-corrected chi connectivity index (χ0v) is 11.9. The number of hydrogen-bond acceptors (Lipinski definition) is 3. The molecule has 0 saturated carbocycles. The molecule has 1 aromatic rings. The molecule has 0 aliphatic rings. The first kappa shape index (κ1) is 15.4. The molecule has 104 valence electrons. The van der Waals surface area contributed by atoms with Crippen LogP contribution < -0.4 is 5.32 Å². The molecule has 0 bridgehead atoms. The van der Waals surface area contributed by atoms with Crippen LogP contribution in [0.25, 0.3) is 0 Å². The van der Waals surface area contributed by atoms with Gasteiger partial charge in [-0.1, -0.05) is 32.4 Å². The minimum absolute atomic E-state index is 0.141. The number of aromatic nitrogens is 1. The highest BCUT2D eigenvalue weighted by Crippen LogP contribution is 2.23. The summed E-state index contributed by atoms with van der Waals surface area (Å²) in [6, 6.07) is 1.01. The predicted molar refractivity (Wildman–Crippen MR) is 72.2 cm³/mol. The second-order valence-electron chi connectivity index (χ2n) is 5.35. The number of aliphatic carboxylic acids is 1. The van der Waals surface area contributed by atoms with Crippen molar-refractivity contribution in [3.63, 3.8) is 0 Å². The highest BCUT2D eigenvalue weighted by molar-refractivity contribution is 6.33. The highest BCUT2D eigenvalue weighted by atomic mass is 35.5. The van der Waals surface area contributed by atoms with Crippen molar-refractivity contribution >= 4 is 23.5 Å².